The number of piperazine rings is 1. The molecule has 1 heterocycles. The van der Waals surface area contributed by atoms with Crippen LogP contribution in [-0.4, -0.2) is 54.5 Å². The monoisotopic (exact) mass is 394 g/mol. The van der Waals surface area contributed by atoms with Gasteiger partial charge in [-0.05, 0) is 43.5 Å². The molecule has 0 unspecified atom stereocenters. The quantitative estimate of drug-likeness (QED) is 0.489. The molecule has 1 N–H and O–H groups in total. The number of carboxylic acids is 1. The van der Waals surface area contributed by atoms with E-state index in [1.54, 1.807) is 0 Å². The standard InChI is InChI=1S/C24H30N2O3/c27-23(13-14-24(28)29)21-11-9-20(10-12-21)6-4-5-15-25-16-18-26(19-17-25)22-7-2-1-3-8-22/h1-3,7-12H,4-6,13-19H2,(H,28,29). The number of anilines is 1. The van der Waals surface area contributed by atoms with Gasteiger partial charge in [-0.2, -0.15) is 0 Å². The van der Waals surface area contributed by atoms with Crippen LogP contribution in [0.25, 0.3) is 0 Å². The van der Waals surface area contributed by atoms with Crippen LogP contribution in [0.5, 0.6) is 0 Å². The maximum atomic E-state index is 11.9. The molecule has 1 saturated heterocycles. The van der Waals surface area contributed by atoms with Crippen molar-refractivity contribution in [3.05, 3.63) is 65.7 Å². The van der Waals surface area contributed by atoms with Crippen molar-refractivity contribution in [3.63, 3.8) is 0 Å². The van der Waals surface area contributed by atoms with Gasteiger partial charge in [0.25, 0.3) is 0 Å². The van der Waals surface area contributed by atoms with Crippen molar-refractivity contribution >= 4 is 17.4 Å². The van der Waals surface area contributed by atoms with E-state index in [1.165, 1.54) is 17.7 Å². The largest absolute Gasteiger partial charge is 0.481 e. The van der Waals surface area contributed by atoms with Gasteiger partial charge in [0.05, 0.1) is 6.42 Å². The van der Waals surface area contributed by atoms with E-state index in [-0.39, 0.29) is 18.6 Å². The number of hydrogen-bond donors (Lipinski definition) is 1. The van der Waals surface area contributed by atoms with Gasteiger partial charge in [-0.15, -0.1) is 0 Å². The third kappa shape index (κ3) is 6.71. The first-order valence-electron chi connectivity index (χ1n) is 10.5. The van der Waals surface area contributed by atoms with E-state index in [2.05, 4.69) is 40.1 Å². The van der Waals surface area contributed by atoms with Crippen LogP contribution < -0.4 is 4.90 Å². The van der Waals surface area contributed by atoms with Crippen LogP contribution in [0.15, 0.2) is 54.6 Å². The van der Waals surface area contributed by atoms with Crippen molar-refractivity contribution in [1.82, 2.24) is 4.90 Å². The van der Waals surface area contributed by atoms with E-state index < -0.39 is 5.97 Å². The van der Waals surface area contributed by atoms with Gasteiger partial charge in [0.15, 0.2) is 5.78 Å². The van der Waals surface area contributed by atoms with Gasteiger partial charge in [0.2, 0.25) is 0 Å². The van der Waals surface area contributed by atoms with Crippen LogP contribution >= 0.6 is 0 Å². The highest BCUT2D eigenvalue weighted by Crippen LogP contribution is 2.16. The molecule has 2 aromatic carbocycles. The first-order valence-corrected chi connectivity index (χ1v) is 10.5. The van der Waals surface area contributed by atoms with E-state index in [0.717, 1.165) is 45.6 Å². The fourth-order valence-electron chi connectivity index (χ4n) is 3.76. The number of hydrogen-bond acceptors (Lipinski definition) is 4. The minimum absolute atomic E-state index is 0.0617. The van der Waals surface area contributed by atoms with E-state index in [0.29, 0.717) is 5.56 Å². The second-order valence-electron chi connectivity index (χ2n) is 7.64. The Balaban J connectivity index is 1.33. The minimum Gasteiger partial charge on any atom is -0.481 e. The number of rotatable bonds is 10. The third-order valence-electron chi connectivity index (χ3n) is 5.53. The second-order valence-corrected chi connectivity index (χ2v) is 7.64. The highest BCUT2D eigenvalue weighted by atomic mass is 16.4. The molecule has 1 aliphatic heterocycles. The molecule has 0 radical (unpaired) electrons. The van der Waals surface area contributed by atoms with Crippen molar-refractivity contribution in [3.8, 4) is 0 Å². The Morgan fingerprint density at radius 1 is 0.828 bits per heavy atom. The van der Waals surface area contributed by atoms with Crippen LogP contribution in [0.3, 0.4) is 0 Å². The Kier molecular flexibility index (Phi) is 7.82. The van der Waals surface area contributed by atoms with Crippen LogP contribution in [0, 0.1) is 0 Å². The molecule has 5 nitrogen and oxygen atoms in total. The van der Waals surface area contributed by atoms with Crippen molar-refractivity contribution in [2.24, 2.45) is 0 Å². The molecule has 0 spiro atoms. The summed E-state index contributed by atoms with van der Waals surface area (Å²) in [6, 6.07) is 18.2. The van der Waals surface area contributed by atoms with Crippen molar-refractivity contribution in [2.75, 3.05) is 37.6 Å². The number of Topliss-reactive ketones (excluding diaryl/α,β-unsaturated/α-hetero) is 1. The summed E-state index contributed by atoms with van der Waals surface area (Å²) in [6.45, 7) is 5.53. The lowest BCUT2D eigenvalue weighted by Crippen LogP contribution is -2.46. The van der Waals surface area contributed by atoms with Gasteiger partial charge in [-0.1, -0.05) is 42.5 Å². The predicted molar refractivity (Wildman–Crippen MR) is 116 cm³/mol. The molecular formula is C24H30N2O3. The molecule has 0 amide bonds. The molecule has 0 aliphatic carbocycles. The molecule has 0 atom stereocenters. The number of carbonyl (C=O) groups is 2. The highest BCUT2D eigenvalue weighted by molar-refractivity contribution is 5.97. The van der Waals surface area contributed by atoms with E-state index in [4.69, 9.17) is 5.11 Å². The molecule has 0 aromatic heterocycles. The van der Waals surface area contributed by atoms with Crippen LogP contribution in [0.2, 0.25) is 0 Å². The second kappa shape index (κ2) is 10.8. The van der Waals surface area contributed by atoms with Crippen LogP contribution in [0.1, 0.15) is 41.6 Å². The van der Waals surface area contributed by atoms with Gasteiger partial charge in [0.1, 0.15) is 0 Å². The number of aliphatic carboxylic acids is 1. The zero-order valence-corrected chi connectivity index (χ0v) is 16.9. The molecule has 1 fully saturated rings. The normalized spacial score (nSPS) is 14.7. The maximum absolute atomic E-state index is 11.9. The summed E-state index contributed by atoms with van der Waals surface area (Å²) in [4.78, 5) is 27.5. The van der Waals surface area contributed by atoms with Crippen molar-refractivity contribution in [1.29, 1.82) is 0 Å². The topological polar surface area (TPSA) is 60.9 Å². The summed E-state index contributed by atoms with van der Waals surface area (Å²) >= 11 is 0. The molecule has 29 heavy (non-hydrogen) atoms. The third-order valence-corrected chi connectivity index (χ3v) is 5.53. The highest BCUT2D eigenvalue weighted by Gasteiger charge is 2.16. The minimum atomic E-state index is -0.934. The number of nitrogens with zero attached hydrogens (tertiary/aromatic N) is 2. The molecule has 3 rings (SSSR count). The van der Waals surface area contributed by atoms with Gasteiger partial charge in [-0.3, -0.25) is 14.5 Å². The summed E-state index contributed by atoms with van der Waals surface area (Å²) in [5.74, 6) is -1.04. The van der Waals surface area contributed by atoms with Crippen molar-refractivity contribution < 1.29 is 14.7 Å². The van der Waals surface area contributed by atoms with Gasteiger partial charge < -0.3 is 10.0 Å². The van der Waals surface area contributed by atoms with E-state index in [9.17, 15) is 9.59 Å². The molecule has 2 aromatic rings. The maximum Gasteiger partial charge on any atom is 0.303 e. The first-order chi connectivity index (χ1) is 14.1. The smallest absolute Gasteiger partial charge is 0.303 e. The summed E-state index contributed by atoms with van der Waals surface area (Å²) in [5, 5.41) is 8.68. The molecule has 5 heteroatoms. The lowest BCUT2D eigenvalue weighted by atomic mass is 10.0. The van der Waals surface area contributed by atoms with Gasteiger partial charge >= 0.3 is 5.97 Å². The van der Waals surface area contributed by atoms with Gasteiger partial charge in [0, 0.05) is 43.9 Å². The number of benzene rings is 2. The average Bonchev–Trinajstić information content (AvgIpc) is 2.76. The Morgan fingerprint density at radius 2 is 1.52 bits per heavy atom. The lowest BCUT2D eigenvalue weighted by molar-refractivity contribution is -0.136. The summed E-state index contributed by atoms with van der Waals surface area (Å²) in [5.41, 5.74) is 3.15. The zero-order chi connectivity index (χ0) is 20.5. The number of unbranched alkanes of at least 4 members (excludes halogenated alkanes) is 1. The lowest BCUT2D eigenvalue weighted by Gasteiger charge is -2.36. The Labute approximate surface area is 172 Å². The Morgan fingerprint density at radius 3 is 2.17 bits per heavy atom. The average molecular weight is 395 g/mol. The number of ketones is 1. The molecular weight excluding hydrogens is 364 g/mol. The SMILES string of the molecule is O=C(O)CCC(=O)c1ccc(CCCCN2CCN(c3ccccc3)CC2)cc1. The fourth-order valence-corrected chi connectivity index (χ4v) is 3.76. The predicted octanol–water partition coefficient (Wildman–Crippen LogP) is 3.88. The molecule has 0 bridgehead atoms. The summed E-state index contributed by atoms with van der Waals surface area (Å²) in [6.07, 6.45) is 3.26. The zero-order valence-electron chi connectivity index (χ0n) is 16.9. The summed E-state index contributed by atoms with van der Waals surface area (Å²) < 4.78 is 0. The molecule has 0 saturated carbocycles. The Hall–Kier alpha value is -2.66. The molecule has 154 valence electrons. The first kappa shape index (κ1) is 21.1. The van der Waals surface area contributed by atoms with E-state index in [1.807, 2.05) is 24.3 Å². The molecule has 1 aliphatic rings. The van der Waals surface area contributed by atoms with Crippen LogP contribution in [0.4, 0.5) is 5.69 Å². The Bertz CT molecular complexity index is 782. The van der Waals surface area contributed by atoms with Crippen LogP contribution in [-0.2, 0) is 11.2 Å². The summed E-state index contributed by atoms with van der Waals surface area (Å²) in [7, 11) is 0. The van der Waals surface area contributed by atoms with Crippen molar-refractivity contribution in [2.45, 2.75) is 32.1 Å². The number of carboxylic acid groups (broad SMARTS) is 1. The van der Waals surface area contributed by atoms with Gasteiger partial charge in [-0.25, -0.2) is 0 Å². The van der Waals surface area contributed by atoms with E-state index >= 15 is 0 Å². The fraction of sp³-hybridized carbons (Fsp3) is 0.417. The number of carbonyl (C=O) groups excluding carboxylic acids is 1. The number of para-hydroxylation sites is 1. The number of aryl methyl sites for hydroxylation is 1.